The largest absolute Gasteiger partial charge is 0.488 e. The Kier molecular flexibility index (Phi) is 4.61. The minimum Gasteiger partial charge on any atom is -0.488 e. The second kappa shape index (κ2) is 6.42. The van der Waals surface area contributed by atoms with Gasteiger partial charge in [-0.05, 0) is 41.9 Å². The highest BCUT2D eigenvalue weighted by Gasteiger charge is 2.19. The van der Waals surface area contributed by atoms with Gasteiger partial charge in [0.2, 0.25) is 5.71 Å². The lowest BCUT2D eigenvalue weighted by molar-refractivity contribution is -0.761. The number of ether oxygens (including phenoxy) is 1. The second-order valence-electron chi connectivity index (χ2n) is 5.01. The maximum atomic E-state index is 5.98. The molecule has 20 heavy (non-hydrogen) atoms. The van der Waals surface area contributed by atoms with Crippen LogP contribution in [0.5, 0.6) is 5.75 Å². The van der Waals surface area contributed by atoms with Crippen molar-refractivity contribution < 1.29 is 14.3 Å². The quantitative estimate of drug-likeness (QED) is 0.620. The molecule has 0 spiro atoms. The maximum Gasteiger partial charge on any atom is 0.237 e. The molecule has 0 N–H and O–H groups in total. The first kappa shape index (κ1) is 14.4. The molecule has 0 bridgehead atoms. The molecule has 0 atom stereocenters. The smallest absolute Gasteiger partial charge is 0.237 e. The summed E-state index contributed by atoms with van der Waals surface area (Å²) in [7, 11) is 3.59. The molecule has 0 radical (unpaired) electrons. The highest BCUT2D eigenvalue weighted by molar-refractivity contribution is 5.98. The number of aryl methyl sites for hydroxylation is 2. The van der Waals surface area contributed by atoms with Crippen molar-refractivity contribution in [2.45, 2.75) is 20.3 Å². The lowest BCUT2D eigenvalue weighted by Gasteiger charge is -2.13. The molecule has 1 aromatic rings. The molecular formula is C17H22NO2+. The molecule has 1 aliphatic carbocycles. The first-order chi connectivity index (χ1) is 9.61. The zero-order valence-corrected chi connectivity index (χ0v) is 12.6. The first-order valence-electron chi connectivity index (χ1n) is 6.81. The van der Waals surface area contributed by atoms with Crippen LogP contribution in [0.25, 0.3) is 0 Å². The Labute approximate surface area is 120 Å². The zero-order valence-electron chi connectivity index (χ0n) is 12.6. The van der Waals surface area contributed by atoms with Crippen molar-refractivity contribution in [2.24, 2.45) is 0 Å². The number of rotatable bonds is 4. The summed E-state index contributed by atoms with van der Waals surface area (Å²) in [5, 5.41) is 0. The zero-order chi connectivity index (χ0) is 14.5. The van der Waals surface area contributed by atoms with Gasteiger partial charge in [0, 0.05) is 0 Å². The van der Waals surface area contributed by atoms with Gasteiger partial charge >= 0.3 is 0 Å². The predicted octanol–water partition coefficient (Wildman–Crippen LogP) is 3.21. The molecule has 0 unspecified atom stereocenters. The van der Waals surface area contributed by atoms with Crippen LogP contribution < -0.4 is 4.74 Å². The van der Waals surface area contributed by atoms with E-state index in [1.807, 2.05) is 7.05 Å². The van der Waals surface area contributed by atoms with Crippen LogP contribution in [0.1, 0.15) is 17.5 Å². The molecule has 3 heteroatoms. The minimum atomic E-state index is 0.553. The Balaban J connectivity index is 2.15. The number of hydrogen-bond donors (Lipinski definition) is 0. The van der Waals surface area contributed by atoms with E-state index < -0.39 is 0 Å². The van der Waals surface area contributed by atoms with E-state index in [1.165, 1.54) is 5.56 Å². The van der Waals surface area contributed by atoms with Crippen LogP contribution in [0.4, 0.5) is 0 Å². The number of hydrogen-bond acceptors (Lipinski definition) is 2. The van der Waals surface area contributed by atoms with Gasteiger partial charge in [-0.2, -0.15) is 0 Å². The summed E-state index contributed by atoms with van der Waals surface area (Å²) in [5.41, 5.74) is 4.66. The fraction of sp³-hybridized carbons (Fsp3) is 0.353. The van der Waals surface area contributed by atoms with Crippen molar-refractivity contribution in [2.75, 3.05) is 20.8 Å². The highest BCUT2D eigenvalue weighted by atomic mass is 16.6. The third-order valence-electron chi connectivity index (χ3n) is 3.50. The van der Waals surface area contributed by atoms with Crippen molar-refractivity contribution in [3.8, 4) is 5.75 Å². The van der Waals surface area contributed by atoms with Crippen molar-refractivity contribution in [3.63, 3.8) is 0 Å². The normalized spacial score (nSPS) is 16.7. The van der Waals surface area contributed by atoms with Crippen molar-refractivity contribution >= 4 is 5.71 Å². The Morgan fingerprint density at radius 3 is 2.80 bits per heavy atom. The Morgan fingerprint density at radius 2 is 2.05 bits per heavy atom. The van der Waals surface area contributed by atoms with Gasteiger partial charge in [-0.25, -0.2) is 0 Å². The van der Waals surface area contributed by atoms with Crippen molar-refractivity contribution in [1.29, 1.82) is 0 Å². The summed E-state index contributed by atoms with van der Waals surface area (Å²) in [6.07, 6.45) is 7.13. The van der Waals surface area contributed by atoms with E-state index in [2.05, 4.69) is 50.3 Å². The Bertz CT molecular complexity index is 583. The average molecular weight is 272 g/mol. The van der Waals surface area contributed by atoms with Gasteiger partial charge in [0.15, 0.2) is 7.05 Å². The van der Waals surface area contributed by atoms with E-state index in [0.717, 1.165) is 29.0 Å². The molecule has 0 aromatic heterocycles. The second-order valence-corrected chi connectivity index (χ2v) is 5.01. The van der Waals surface area contributed by atoms with E-state index >= 15 is 0 Å². The van der Waals surface area contributed by atoms with Crippen LogP contribution in [0.3, 0.4) is 0 Å². The number of hydroxylamine groups is 1. The van der Waals surface area contributed by atoms with Gasteiger partial charge < -0.3 is 4.74 Å². The fourth-order valence-electron chi connectivity index (χ4n) is 2.18. The highest BCUT2D eigenvalue weighted by Crippen LogP contribution is 2.20. The predicted molar refractivity (Wildman–Crippen MR) is 81.5 cm³/mol. The molecule has 0 heterocycles. The number of benzene rings is 1. The van der Waals surface area contributed by atoms with Crippen molar-refractivity contribution in [1.82, 2.24) is 0 Å². The summed E-state index contributed by atoms with van der Waals surface area (Å²) in [6.45, 7) is 4.69. The Hall–Kier alpha value is -2.03. The summed E-state index contributed by atoms with van der Waals surface area (Å²) in [4.78, 5) is 5.28. The molecule has 106 valence electrons. The fourth-order valence-corrected chi connectivity index (χ4v) is 2.18. The van der Waals surface area contributed by atoms with Gasteiger partial charge in [0.1, 0.15) is 19.5 Å². The van der Waals surface area contributed by atoms with Crippen LogP contribution in [-0.4, -0.2) is 31.2 Å². The SMILES string of the molecule is CO[N+](C)=C1CC=CC=C1COc1cc(C)ccc1C. The van der Waals surface area contributed by atoms with E-state index in [4.69, 9.17) is 9.57 Å². The van der Waals surface area contributed by atoms with Crippen molar-refractivity contribution in [3.05, 3.63) is 53.1 Å². The van der Waals surface area contributed by atoms with Gasteiger partial charge in [0.25, 0.3) is 0 Å². The molecule has 0 amide bonds. The number of allylic oxidation sites excluding steroid dienone is 3. The van der Waals surface area contributed by atoms with Gasteiger partial charge in [-0.15, -0.1) is 0 Å². The summed E-state index contributed by atoms with van der Waals surface area (Å²) >= 11 is 0. The topological polar surface area (TPSA) is 21.5 Å². The van der Waals surface area contributed by atoms with Crippen LogP contribution in [0, 0.1) is 13.8 Å². The van der Waals surface area contributed by atoms with E-state index in [-0.39, 0.29) is 0 Å². The van der Waals surface area contributed by atoms with Gasteiger partial charge in [-0.1, -0.05) is 24.3 Å². The van der Waals surface area contributed by atoms with E-state index in [9.17, 15) is 0 Å². The molecule has 2 rings (SSSR count). The average Bonchev–Trinajstić information content (AvgIpc) is 2.47. The molecule has 1 aromatic carbocycles. The summed E-state index contributed by atoms with van der Waals surface area (Å²) in [5.74, 6) is 0.944. The lowest BCUT2D eigenvalue weighted by atomic mass is 10.0. The van der Waals surface area contributed by atoms with Crippen LogP contribution in [0.2, 0.25) is 0 Å². The Morgan fingerprint density at radius 1 is 1.25 bits per heavy atom. The number of nitrogens with zero attached hydrogens (tertiary/aromatic N) is 1. The van der Waals surface area contributed by atoms with Crippen LogP contribution in [-0.2, 0) is 4.84 Å². The van der Waals surface area contributed by atoms with Crippen LogP contribution >= 0.6 is 0 Å². The molecule has 0 fully saturated rings. The molecular weight excluding hydrogens is 250 g/mol. The molecule has 0 saturated heterocycles. The van der Waals surface area contributed by atoms with Gasteiger partial charge in [0.05, 0.1) is 12.0 Å². The van der Waals surface area contributed by atoms with Gasteiger partial charge in [-0.3, -0.25) is 4.84 Å². The monoisotopic (exact) mass is 272 g/mol. The molecule has 1 aliphatic rings. The third kappa shape index (κ3) is 3.29. The lowest BCUT2D eigenvalue weighted by Crippen LogP contribution is -2.23. The molecule has 0 aliphatic heterocycles. The van der Waals surface area contributed by atoms with Crippen LogP contribution in [0.15, 0.2) is 42.0 Å². The summed E-state index contributed by atoms with van der Waals surface area (Å²) in [6, 6.07) is 6.26. The summed E-state index contributed by atoms with van der Waals surface area (Å²) < 4.78 is 7.77. The molecule has 0 saturated carbocycles. The van der Waals surface area contributed by atoms with E-state index in [0.29, 0.717) is 6.61 Å². The third-order valence-corrected chi connectivity index (χ3v) is 3.50. The maximum absolute atomic E-state index is 5.98. The molecule has 3 nitrogen and oxygen atoms in total. The van der Waals surface area contributed by atoms with E-state index in [1.54, 1.807) is 11.8 Å². The first-order valence-corrected chi connectivity index (χ1v) is 6.81. The minimum absolute atomic E-state index is 0.553. The standard InChI is InChI=1S/C17H22NO2/c1-13-9-10-14(2)17(11-13)20-12-15-7-5-6-8-16(15)18(3)19-4/h5-7,9-11H,8,12H2,1-4H3/q+1.